The normalized spacial score (nSPS) is 15.8. The first-order valence-corrected chi connectivity index (χ1v) is 14.9. The molecule has 2 amide bonds. The Balaban J connectivity index is 1.37. The number of benzene rings is 3. The number of nitrogens with one attached hydrogen (secondary N) is 1. The fraction of sp³-hybridized carbons (Fsp3) is 0.364. The highest BCUT2D eigenvalue weighted by Gasteiger charge is 2.46. The predicted molar refractivity (Wildman–Crippen MR) is 171 cm³/mol. The molecule has 2 unspecified atom stereocenters. The van der Waals surface area contributed by atoms with E-state index in [1.54, 1.807) is 30.3 Å². The van der Waals surface area contributed by atoms with Crippen molar-refractivity contribution in [3.05, 3.63) is 94.5 Å². The SMILES string of the molecule is CC(C)(CNC(=O)c1ccc(N=C(N)N)cc1)CN(CCCOc1ccc(CN)cc1Cl)C(=O)C1CC1c1ccccc1. The number of halogens is 1. The van der Waals surface area contributed by atoms with Gasteiger partial charge in [-0.1, -0.05) is 61.8 Å². The lowest BCUT2D eigenvalue weighted by molar-refractivity contribution is -0.134. The monoisotopic (exact) mass is 604 g/mol. The van der Waals surface area contributed by atoms with Crippen LogP contribution in [0.15, 0.2) is 77.8 Å². The van der Waals surface area contributed by atoms with Crippen LogP contribution in [-0.2, 0) is 11.3 Å². The molecule has 0 bridgehead atoms. The molecule has 43 heavy (non-hydrogen) atoms. The van der Waals surface area contributed by atoms with Gasteiger partial charge in [-0.15, -0.1) is 0 Å². The van der Waals surface area contributed by atoms with E-state index in [-0.39, 0.29) is 35.0 Å². The average molecular weight is 605 g/mol. The number of nitrogens with zero attached hydrogens (tertiary/aromatic N) is 2. The van der Waals surface area contributed by atoms with Gasteiger partial charge in [-0.2, -0.15) is 0 Å². The summed E-state index contributed by atoms with van der Waals surface area (Å²) in [6.07, 6.45) is 1.47. The number of nitrogens with two attached hydrogens (primary N) is 3. The van der Waals surface area contributed by atoms with E-state index in [0.29, 0.717) is 61.2 Å². The number of ether oxygens (including phenoxy) is 1. The van der Waals surface area contributed by atoms with Crippen LogP contribution in [0.3, 0.4) is 0 Å². The Morgan fingerprint density at radius 3 is 2.44 bits per heavy atom. The number of carbonyl (C=O) groups is 2. The van der Waals surface area contributed by atoms with E-state index in [1.807, 2.05) is 49.1 Å². The number of aliphatic imine (C=N–C) groups is 1. The number of hydrogen-bond donors (Lipinski definition) is 4. The van der Waals surface area contributed by atoms with E-state index >= 15 is 0 Å². The molecule has 4 rings (SSSR count). The Labute approximate surface area is 258 Å². The minimum absolute atomic E-state index is 0.0455. The first-order valence-electron chi connectivity index (χ1n) is 14.5. The van der Waals surface area contributed by atoms with E-state index in [0.717, 1.165) is 12.0 Å². The fourth-order valence-corrected chi connectivity index (χ4v) is 5.35. The molecule has 10 heteroatoms. The minimum atomic E-state index is -0.386. The van der Waals surface area contributed by atoms with E-state index in [1.165, 1.54) is 5.56 Å². The quantitative estimate of drug-likeness (QED) is 0.120. The summed E-state index contributed by atoms with van der Waals surface area (Å²) in [6.45, 7) is 6.31. The van der Waals surface area contributed by atoms with Crippen LogP contribution in [0, 0.1) is 11.3 Å². The van der Waals surface area contributed by atoms with Crippen molar-refractivity contribution in [3.63, 3.8) is 0 Å². The molecule has 1 saturated carbocycles. The number of hydrogen-bond acceptors (Lipinski definition) is 5. The Morgan fingerprint density at radius 2 is 1.79 bits per heavy atom. The molecule has 0 spiro atoms. The lowest BCUT2D eigenvalue weighted by atomic mass is 9.92. The second-order valence-corrected chi connectivity index (χ2v) is 12.1. The van der Waals surface area contributed by atoms with Crippen LogP contribution in [-0.4, -0.2) is 48.9 Å². The van der Waals surface area contributed by atoms with Crippen molar-refractivity contribution < 1.29 is 14.3 Å². The van der Waals surface area contributed by atoms with Gasteiger partial charge >= 0.3 is 0 Å². The largest absolute Gasteiger partial charge is 0.492 e. The zero-order valence-corrected chi connectivity index (χ0v) is 25.5. The van der Waals surface area contributed by atoms with Gasteiger partial charge in [-0.3, -0.25) is 9.59 Å². The third kappa shape index (κ3) is 9.20. The van der Waals surface area contributed by atoms with Crippen molar-refractivity contribution in [2.24, 2.45) is 33.5 Å². The molecule has 1 fully saturated rings. The summed E-state index contributed by atoms with van der Waals surface area (Å²) in [4.78, 5) is 32.5. The van der Waals surface area contributed by atoms with Crippen LogP contribution >= 0.6 is 11.6 Å². The molecule has 0 aliphatic heterocycles. The fourth-order valence-electron chi connectivity index (χ4n) is 5.09. The van der Waals surface area contributed by atoms with Crippen LogP contribution in [0.4, 0.5) is 5.69 Å². The molecule has 9 nitrogen and oxygen atoms in total. The van der Waals surface area contributed by atoms with Gasteiger partial charge in [-0.05, 0) is 71.7 Å². The molecule has 7 N–H and O–H groups in total. The van der Waals surface area contributed by atoms with Crippen LogP contribution in [0.25, 0.3) is 0 Å². The van der Waals surface area contributed by atoms with E-state index in [4.69, 9.17) is 33.5 Å². The van der Waals surface area contributed by atoms with Crippen LogP contribution in [0.1, 0.15) is 54.1 Å². The van der Waals surface area contributed by atoms with E-state index < -0.39 is 0 Å². The smallest absolute Gasteiger partial charge is 0.251 e. The maximum atomic E-state index is 13.8. The van der Waals surface area contributed by atoms with Crippen molar-refractivity contribution in [2.45, 2.75) is 39.2 Å². The Kier molecular flexibility index (Phi) is 10.7. The third-order valence-corrected chi connectivity index (χ3v) is 7.74. The van der Waals surface area contributed by atoms with Crippen molar-refractivity contribution in [2.75, 3.05) is 26.2 Å². The zero-order chi connectivity index (χ0) is 31.0. The highest BCUT2D eigenvalue weighted by molar-refractivity contribution is 6.32. The highest BCUT2D eigenvalue weighted by Crippen LogP contribution is 2.48. The summed E-state index contributed by atoms with van der Waals surface area (Å²) in [5.74, 6) is 0.662. The third-order valence-electron chi connectivity index (χ3n) is 7.44. The molecular formula is C33H41ClN6O3. The molecule has 0 aromatic heterocycles. The van der Waals surface area contributed by atoms with Crippen LogP contribution in [0.2, 0.25) is 5.02 Å². The second kappa shape index (κ2) is 14.4. The molecule has 0 radical (unpaired) electrons. The van der Waals surface area contributed by atoms with Gasteiger partial charge in [0.2, 0.25) is 5.91 Å². The summed E-state index contributed by atoms with van der Waals surface area (Å²) in [5.41, 5.74) is 19.3. The van der Waals surface area contributed by atoms with Crippen molar-refractivity contribution >= 4 is 35.1 Å². The number of rotatable bonds is 14. The van der Waals surface area contributed by atoms with Crippen molar-refractivity contribution in [1.29, 1.82) is 0 Å². The Bertz CT molecular complexity index is 1420. The first-order chi connectivity index (χ1) is 20.6. The Morgan fingerprint density at radius 1 is 1.07 bits per heavy atom. The van der Waals surface area contributed by atoms with Crippen molar-refractivity contribution in [3.8, 4) is 5.75 Å². The van der Waals surface area contributed by atoms with Gasteiger partial charge in [-0.25, -0.2) is 4.99 Å². The molecule has 0 heterocycles. The minimum Gasteiger partial charge on any atom is -0.492 e. The lowest BCUT2D eigenvalue weighted by Crippen LogP contribution is -2.45. The molecule has 3 aromatic rings. The predicted octanol–water partition coefficient (Wildman–Crippen LogP) is 4.56. The number of amides is 2. The average Bonchev–Trinajstić information content (AvgIpc) is 3.79. The first kappa shape index (κ1) is 31.8. The van der Waals surface area contributed by atoms with E-state index in [9.17, 15) is 9.59 Å². The van der Waals surface area contributed by atoms with Gasteiger partial charge in [0.15, 0.2) is 5.96 Å². The number of guanidine groups is 1. The summed E-state index contributed by atoms with van der Waals surface area (Å²) in [5, 5.41) is 3.53. The Hall–Kier alpha value is -4.08. The standard InChI is InChI=1S/C33H41ClN6O3/c1-33(2,20-38-30(41)24-10-12-25(13-11-24)39-32(36)37)21-40(31(42)27-18-26(27)23-7-4-3-5-8-23)15-6-16-43-29-14-9-22(19-35)17-28(29)34/h3-5,7-14,17,26-27H,6,15-16,18-21,35H2,1-2H3,(H,38,41)(H4,36,37,39). The molecule has 1 aliphatic carbocycles. The molecule has 1 aliphatic rings. The van der Waals surface area contributed by atoms with Gasteiger partial charge < -0.3 is 32.2 Å². The van der Waals surface area contributed by atoms with Gasteiger partial charge in [0.1, 0.15) is 5.75 Å². The summed E-state index contributed by atoms with van der Waals surface area (Å²) < 4.78 is 5.93. The maximum Gasteiger partial charge on any atom is 0.251 e. The second-order valence-electron chi connectivity index (χ2n) is 11.7. The number of carbonyl (C=O) groups excluding carboxylic acids is 2. The topological polar surface area (TPSA) is 149 Å². The molecule has 3 aromatic carbocycles. The molecule has 0 saturated heterocycles. The van der Waals surface area contributed by atoms with Crippen LogP contribution in [0.5, 0.6) is 5.75 Å². The highest BCUT2D eigenvalue weighted by atomic mass is 35.5. The van der Waals surface area contributed by atoms with Crippen molar-refractivity contribution in [1.82, 2.24) is 10.2 Å². The molecule has 2 atom stereocenters. The lowest BCUT2D eigenvalue weighted by Gasteiger charge is -2.33. The summed E-state index contributed by atoms with van der Waals surface area (Å²) in [6, 6.07) is 22.4. The van der Waals surface area contributed by atoms with Gasteiger partial charge in [0, 0.05) is 37.7 Å². The maximum absolute atomic E-state index is 13.8. The van der Waals surface area contributed by atoms with Gasteiger partial charge in [0.05, 0.1) is 17.3 Å². The zero-order valence-electron chi connectivity index (χ0n) is 24.8. The van der Waals surface area contributed by atoms with Crippen LogP contribution < -0.4 is 27.3 Å². The molecular weight excluding hydrogens is 564 g/mol. The van der Waals surface area contributed by atoms with E-state index in [2.05, 4.69) is 22.4 Å². The summed E-state index contributed by atoms with van der Waals surface area (Å²) in [7, 11) is 0. The van der Waals surface area contributed by atoms with Gasteiger partial charge in [0.25, 0.3) is 5.91 Å². The molecule has 228 valence electrons. The summed E-state index contributed by atoms with van der Waals surface area (Å²) >= 11 is 6.35.